The Labute approximate surface area is 263 Å². The highest BCUT2D eigenvalue weighted by atomic mass is 16.5. The van der Waals surface area contributed by atoms with Gasteiger partial charge in [0.1, 0.15) is 0 Å². The molecule has 3 aliphatic rings. The number of nitrogens with zero attached hydrogens (tertiary/aromatic N) is 1. The third-order valence-corrected chi connectivity index (χ3v) is 8.94. The molecule has 3 N–H and O–H groups in total. The van der Waals surface area contributed by atoms with Crippen molar-refractivity contribution in [1.29, 1.82) is 0 Å². The summed E-state index contributed by atoms with van der Waals surface area (Å²) >= 11 is 0. The number of aromatic nitrogens is 1. The van der Waals surface area contributed by atoms with Crippen molar-refractivity contribution in [3.8, 4) is 0 Å². The molecule has 238 valence electrons. The molecule has 10 heteroatoms. The number of allylic oxidation sites excluding steroid dienone is 4. The van der Waals surface area contributed by atoms with E-state index in [0.717, 1.165) is 49.9 Å². The van der Waals surface area contributed by atoms with Crippen LogP contribution >= 0.6 is 0 Å². The van der Waals surface area contributed by atoms with Gasteiger partial charge in [0.15, 0.2) is 0 Å². The van der Waals surface area contributed by atoms with Crippen molar-refractivity contribution in [3.05, 3.63) is 80.3 Å². The van der Waals surface area contributed by atoms with E-state index >= 15 is 0 Å². The first-order valence-corrected chi connectivity index (χ1v) is 15.1. The minimum Gasteiger partial charge on any atom is -0.469 e. The predicted octanol–water partition coefficient (Wildman–Crippen LogP) is 2.88. The molecule has 2 unspecified atom stereocenters. The number of hydrogen-bond donors (Lipinski definition) is 3. The fourth-order valence-electron chi connectivity index (χ4n) is 6.10. The van der Waals surface area contributed by atoms with Crippen LogP contribution in [0.4, 0.5) is 0 Å². The van der Waals surface area contributed by atoms with Gasteiger partial charge in [0.05, 0.1) is 31.9 Å². The minimum atomic E-state index is -0.325. The molecule has 0 aliphatic carbocycles. The highest BCUT2D eigenvalue weighted by molar-refractivity contribution is 6.31. The van der Waals surface area contributed by atoms with Gasteiger partial charge in [-0.1, -0.05) is 25.7 Å². The zero-order valence-corrected chi connectivity index (χ0v) is 27.1. The van der Waals surface area contributed by atoms with Crippen molar-refractivity contribution >= 4 is 41.6 Å². The lowest BCUT2D eigenvalue weighted by atomic mass is 9.91. The Bertz CT molecular complexity index is 1730. The number of rotatable bonds is 10. The van der Waals surface area contributed by atoms with Crippen molar-refractivity contribution in [2.75, 3.05) is 14.2 Å². The van der Waals surface area contributed by atoms with Crippen molar-refractivity contribution in [3.63, 3.8) is 0 Å². The molecular weight excluding hydrogens is 572 g/mol. The SMILES string of the molecule is C=CC1=C(C)C(C=c2[nH]/c(=C\C3=C(CCC(=O)OC)C(C)C(/C=C4\NC(=O)[C@@H](C)\C4=C\C)N3)c(CCC(=O)OC)c2C)=NC1=O. The molecule has 3 aliphatic heterocycles. The molecular formula is C35H42N4O6. The maximum absolute atomic E-state index is 12.4. The van der Waals surface area contributed by atoms with E-state index in [-0.39, 0.29) is 54.5 Å². The standard InChI is InChI=1S/C35H42N4O6/c1-9-22-21(6)34(42)39-29(22)16-27-20(5)25(12-14-33(41)45-8)31(37-27)17-30-24(11-13-32(40)44-7)19(4)26(36-30)15-28-18(3)23(10-2)35(43)38-28/h9-10,15-17,20-21,27,36-37H,2,11-14H2,1,3-8H3,(H,39,42)/b22-9-,26-15?,29-16-,30-17-/t20?,21-,27?/m0/s1. The summed E-state index contributed by atoms with van der Waals surface area (Å²) in [6.07, 6.45) is 10.7. The Morgan fingerprint density at radius 1 is 1.00 bits per heavy atom. The van der Waals surface area contributed by atoms with Gasteiger partial charge >= 0.3 is 11.9 Å². The van der Waals surface area contributed by atoms with Gasteiger partial charge < -0.3 is 25.1 Å². The van der Waals surface area contributed by atoms with E-state index in [1.807, 2.05) is 52.0 Å². The van der Waals surface area contributed by atoms with Crippen LogP contribution in [0.5, 0.6) is 0 Å². The number of aromatic amines is 1. The fourth-order valence-corrected chi connectivity index (χ4v) is 6.10. The van der Waals surface area contributed by atoms with Crippen molar-refractivity contribution < 1.29 is 28.7 Å². The fraction of sp³-hybridized carbons (Fsp3) is 0.400. The van der Waals surface area contributed by atoms with Gasteiger partial charge in [-0.25, -0.2) is 4.99 Å². The number of esters is 2. The quantitative estimate of drug-likeness (QED) is 0.345. The molecule has 0 aromatic carbocycles. The van der Waals surface area contributed by atoms with E-state index in [4.69, 9.17) is 9.47 Å². The molecule has 1 saturated heterocycles. The first-order valence-electron chi connectivity index (χ1n) is 15.1. The smallest absolute Gasteiger partial charge is 0.305 e. The second-order valence-corrected chi connectivity index (χ2v) is 11.5. The van der Waals surface area contributed by atoms with E-state index in [0.29, 0.717) is 24.1 Å². The maximum atomic E-state index is 12.4. The van der Waals surface area contributed by atoms with Crippen LogP contribution in [0.2, 0.25) is 0 Å². The number of carbonyl (C=O) groups is 4. The molecule has 1 aromatic heterocycles. The minimum absolute atomic E-state index is 0.00361. The van der Waals surface area contributed by atoms with Crippen LogP contribution in [0.25, 0.3) is 12.2 Å². The van der Waals surface area contributed by atoms with E-state index in [1.54, 1.807) is 0 Å². The Hall–Kier alpha value is -4.73. The van der Waals surface area contributed by atoms with E-state index in [1.165, 1.54) is 20.3 Å². The molecule has 4 heterocycles. The lowest BCUT2D eigenvalue weighted by molar-refractivity contribution is -0.141. The molecule has 1 fully saturated rings. The number of nitrogens with one attached hydrogen (secondary N) is 3. The lowest BCUT2D eigenvalue weighted by Gasteiger charge is -2.16. The van der Waals surface area contributed by atoms with Crippen molar-refractivity contribution in [2.45, 2.75) is 66.3 Å². The third-order valence-electron chi connectivity index (χ3n) is 8.94. The number of carbonyl (C=O) groups excluding carboxylic acids is 4. The molecule has 0 spiro atoms. The number of amides is 2. The van der Waals surface area contributed by atoms with Crippen LogP contribution in [0.3, 0.4) is 0 Å². The Morgan fingerprint density at radius 2 is 1.67 bits per heavy atom. The summed E-state index contributed by atoms with van der Waals surface area (Å²) in [6, 6.07) is -0.149. The first kappa shape index (κ1) is 33.2. The van der Waals surface area contributed by atoms with Gasteiger partial charge in [0.2, 0.25) is 5.91 Å². The van der Waals surface area contributed by atoms with Gasteiger partial charge in [0.25, 0.3) is 5.91 Å². The molecule has 3 atom stereocenters. The Kier molecular flexibility index (Phi) is 10.3. The molecule has 0 saturated carbocycles. The van der Waals surface area contributed by atoms with Crippen LogP contribution in [0.1, 0.15) is 58.1 Å². The van der Waals surface area contributed by atoms with Crippen molar-refractivity contribution in [2.24, 2.45) is 16.8 Å². The first-order chi connectivity index (χ1) is 21.4. The average molecular weight is 615 g/mol. The zero-order chi connectivity index (χ0) is 33.0. The van der Waals surface area contributed by atoms with E-state index in [2.05, 4.69) is 34.1 Å². The average Bonchev–Trinajstić information content (AvgIpc) is 3.66. The van der Waals surface area contributed by atoms with Gasteiger partial charge in [-0.3, -0.25) is 19.2 Å². The number of hydrogen-bond acceptors (Lipinski definition) is 7. The van der Waals surface area contributed by atoms with Crippen LogP contribution in [0, 0.1) is 18.8 Å². The van der Waals surface area contributed by atoms with Crippen LogP contribution < -0.4 is 21.3 Å². The number of aliphatic imine (C=N–C) groups is 1. The lowest BCUT2D eigenvalue weighted by Crippen LogP contribution is -2.27. The summed E-state index contributed by atoms with van der Waals surface area (Å²) < 4.78 is 9.84. The van der Waals surface area contributed by atoms with Gasteiger partial charge in [-0.05, 0) is 86.6 Å². The van der Waals surface area contributed by atoms with Gasteiger partial charge in [0, 0.05) is 46.4 Å². The third kappa shape index (κ3) is 6.84. The topological polar surface area (TPSA) is 139 Å². The van der Waals surface area contributed by atoms with Gasteiger partial charge in [-0.2, -0.15) is 0 Å². The summed E-state index contributed by atoms with van der Waals surface area (Å²) in [5, 5.41) is 8.17. The van der Waals surface area contributed by atoms with E-state index in [9.17, 15) is 19.2 Å². The summed E-state index contributed by atoms with van der Waals surface area (Å²) in [7, 11) is 2.74. The highest BCUT2D eigenvalue weighted by Gasteiger charge is 2.34. The second kappa shape index (κ2) is 13.9. The number of ether oxygens (including phenoxy) is 2. The molecule has 0 radical (unpaired) electrons. The molecule has 10 nitrogen and oxygen atoms in total. The highest BCUT2D eigenvalue weighted by Crippen LogP contribution is 2.34. The molecule has 4 rings (SSSR count). The molecule has 45 heavy (non-hydrogen) atoms. The zero-order valence-electron chi connectivity index (χ0n) is 27.1. The molecule has 2 amide bonds. The largest absolute Gasteiger partial charge is 0.469 e. The Morgan fingerprint density at radius 3 is 2.27 bits per heavy atom. The van der Waals surface area contributed by atoms with Crippen molar-refractivity contribution in [1.82, 2.24) is 15.6 Å². The number of methoxy groups -OCH3 is 2. The van der Waals surface area contributed by atoms with E-state index < -0.39 is 0 Å². The second-order valence-electron chi connectivity index (χ2n) is 11.5. The summed E-state index contributed by atoms with van der Waals surface area (Å²) in [6.45, 7) is 13.4. The van der Waals surface area contributed by atoms with Crippen LogP contribution in [0.15, 0.2) is 63.5 Å². The summed E-state index contributed by atoms with van der Waals surface area (Å²) in [5.74, 6) is -1.21. The normalized spacial score (nSPS) is 24.2. The maximum Gasteiger partial charge on any atom is 0.305 e. The van der Waals surface area contributed by atoms with Gasteiger partial charge in [-0.15, -0.1) is 0 Å². The summed E-state index contributed by atoms with van der Waals surface area (Å²) in [4.78, 5) is 56.8. The Balaban J connectivity index is 1.84. The van der Waals surface area contributed by atoms with Crippen LogP contribution in [-0.4, -0.2) is 54.7 Å². The predicted molar refractivity (Wildman–Crippen MR) is 173 cm³/mol. The monoisotopic (exact) mass is 614 g/mol. The number of H-pyrrole nitrogens is 1. The summed E-state index contributed by atoms with van der Waals surface area (Å²) in [5.41, 5.74) is 7.23. The van der Waals surface area contributed by atoms with Crippen LogP contribution in [-0.2, 0) is 35.1 Å². The molecule has 0 bridgehead atoms. The molecule has 1 aromatic rings.